The Kier molecular flexibility index (Phi) is 8.53. The molecule has 0 aliphatic heterocycles. The van der Waals surface area contributed by atoms with E-state index in [9.17, 15) is 18.0 Å². The lowest BCUT2D eigenvalue weighted by Crippen LogP contribution is -2.37. The number of rotatable bonds is 10. The van der Waals surface area contributed by atoms with Crippen molar-refractivity contribution in [3.8, 4) is 0 Å². The van der Waals surface area contributed by atoms with Crippen molar-refractivity contribution >= 4 is 5.91 Å². The molecule has 0 radical (unpaired) electrons. The molecule has 2 aromatic rings. The Labute approximate surface area is 167 Å². The number of aromatic nitrogens is 2. The summed E-state index contributed by atoms with van der Waals surface area (Å²) in [6.07, 6.45) is 0.564. The van der Waals surface area contributed by atoms with Crippen LogP contribution < -0.4 is 5.32 Å². The van der Waals surface area contributed by atoms with Crippen LogP contribution in [0, 0.1) is 0 Å². The molecule has 1 aromatic carbocycles. The van der Waals surface area contributed by atoms with Crippen molar-refractivity contribution in [2.24, 2.45) is 0 Å². The molecular weight excluding hydrogens is 387 g/mol. The van der Waals surface area contributed by atoms with Crippen molar-refractivity contribution in [1.29, 1.82) is 0 Å². The highest BCUT2D eigenvalue weighted by atomic mass is 19.4. The number of ether oxygens (including phenoxy) is 1. The summed E-state index contributed by atoms with van der Waals surface area (Å²) in [5, 5.41) is 11.8. The second-order valence-electron chi connectivity index (χ2n) is 6.49. The molecule has 0 saturated carbocycles. The molecule has 1 aromatic heterocycles. The predicted octanol–water partition coefficient (Wildman–Crippen LogP) is 3.07. The largest absolute Gasteiger partial charge is 0.416 e. The molecule has 1 unspecified atom stereocenters. The van der Waals surface area contributed by atoms with Gasteiger partial charge in [-0.1, -0.05) is 19.1 Å². The number of carbonyl (C=O) groups excluding carboxylic acids is 1. The Morgan fingerprint density at radius 3 is 2.52 bits per heavy atom. The van der Waals surface area contributed by atoms with Gasteiger partial charge in [-0.2, -0.15) is 13.2 Å². The fourth-order valence-electron chi connectivity index (χ4n) is 2.66. The number of benzene rings is 1. The number of aliphatic hydroxyl groups is 1. The van der Waals surface area contributed by atoms with Crippen molar-refractivity contribution in [1.82, 2.24) is 15.3 Å². The third-order valence-corrected chi connectivity index (χ3v) is 4.35. The van der Waals surface area contributed by atoms with E-state index in [4.69, 9.17) is 9.84 Å². The summed E-state index contributed by atoms with van der Waals surface area (Å²) < 4.78 is 44.2. The molecule has 29 heavy (non-hydrogen) atoms. The van der Waals surface area contributed by atoms with Crippen LogP contribution in [0.1, 0.15) is 42.7 Å². The highest BCUT2D eigenvalue weighted by Crippen LogP contribution is 2.31. The van der Waals surface area contributed by atoms with Gasteiger partial charge in [0, 0.05) is 31.4 Å². The Hall–Kier alpha value is -2.52. The van der Waals surface area contributed by atoms with E-state index >= 15 is 0 Å². The van der Waals surface area contributed by atoms with Crippen LogP contribution in [0.3, 0.4) is 0 Å². The first kappa shape index (κ1) is 22.8. The Morgan fingerprint density at radius 1 is 1.24 bits per heavy atom. The maximum Gasteiger partial charge on any atom is 0.416 e. The van der Waals surface area contributed by atoms with E-state index in [1.165, 1.54) is 24.5 Å². The van der Waals surface area contributed by atoms with E-state index in [2.05, 4.69) is 15.3 Å². The van der Waals surface area contributed by atoms with Gasteiger partial charge in [0.05, 0.1) is 36.6 Å². The highest BCUT2D eigenvalue weighted by Gasteiger charge is 2.30. The van der Waals surface area contributed by atoms with Crippen LogP contribution in [0.2, 0.25) is 0 Å². The smallest absolute Gasteiger partial charge is 0.394 e. The van der Waals surface area contributed by atoms with Gasteiger partial charge in [0.15, 0.2) is 0 Å². The number of alkyl halides is 3. The van der Waals surface area contributed by atoms with Crippen molar-refractivity contribution in [2.75, 3.05) is 13.2 Å². The second-order valence-corrected chi connectivity index (χ2v) is 6.49. The summed E-state index contributed by atoms with van der Waals surface area (Å²) in [6, 6.07) is 4.42. The summed E-state index contributed by atoms with van der Waals surface area (Å²) in [5.41, 5.74) is 0.424. The van der Waals surface area contributed by atoms with Crippen LogP contribution in [0.15, 0.2) is 42.9 Å². The van der Waals surface area contributed by atoms with Gasteiger partial charge >= 0.3 is 6.18 Å². The maximum atomic E-state index is 12.8. The van der Waals surface area contributed by atoms with Crippen molar-refractivity contribution in [2.45, 2.75) is 44.5 Å². The van der Waals surface area contributed by atoms with E-state index in [1.54, 1.807) is 6.20 Å². The molecule has 2 N–H and O–H groups in total. The van der Waals surface area contributed by atoms with E-state index in [0.29, 0.717) is 24.1 Å². The van der Waals surface area contributed by atoms with Gasteiger partial charge in [-0.3, -0.25) is 14.8 Å². The number of nitrogens with one attached hydrogen (secondary N) is 1. The molecule has 2 rings (SSSR count). The van der Waals surface area contributed by atoms with Gasteiger partial charge in [-0.15, -0.1) is 0 Å². The minimum atomic E-state index is -4.42. The van der Waals surface area contributed by atoms with Gasteiger partial charge < -0.3 is 15.2 Å². The van der Waals surface area contributed by atoms with Gasteiger partial charge in [0.25, 0.3) is 0 Å². The Balaban J connectivity index is 2.04. The fourth-order valence-corrected chi connectivity index (χ4v) is 2.66. The van der Waals surface area contributed by atoms with Crippen LogP contribution >= 0.6 is 0 Å². The summed E-state index contributed by atoms with van der Waals surface area (Å²) in [7, 11) is 0. The van der Waals surface area contributed by atoms with Crippen LogP contribution in [0.5, 0.6) is 0 Å². The Morgan fingerprint density at radius 2 is 1.97 bits per heavy atom. The lowest BCUT2D eigenvalue weighted by atomic mass is 10.0. The van der Waals surface area contributed by atoms with Crippen molar-refractivity contribution < 1.29 is 27.8 Å². The topological polar surface area (TPSA) is 84.3 Å². The van der Waals surface area contributed by atoms with Gasteiger partial charge in [0.2, 0.25) is 5.91 Å². The average molecular weight is 411 g/mol. The third kappa shape index (κ3) is 7.43. The van der Waals surface area contributed by atoms with E-state index in [1.807, 2.05) is 6.92 Å². The molecule has 0 fully saturated rings. The lowest BCUT2D eigenvalue weighted by molar-refractivity contribution is -0.137. The number of nitrogens with zero attached hydrogens (tertiary/aromatic N) is 2. The number of carbonyl (C=O) groups is 1. The summed E-state index contributed by atoms with van der Waals surface area (Å²) in [4.78, 5) is 20.1. The monoisotopic (exact) mass is 411 g/mol. The molecule has 0 spiro atoms. The third-order valence-electron chi connectivity index (χ3n) is 4.35. The number of hydrogen-bond donors (Lipinski definition) is 2. The van der Waals surface area contributed by atoms with Crippen LogP contribution in [0.4, 0.5) is 13.2 Å². The molecule has 0 bridgehead atoms. The minimum Gasteiger partial charge on any atom is -0.394 e. The standard InChI is InChI=1S/C20H24F3N3O3/c1-2-16(13-27)26-19(28)7-10-29-18(11-17-12-24-8-9-25-17)14-3-5-15(6-4-14)20(21,22)23/h3-6,8-9,12,16,18,27H,2,7,10-11,13H2,1H3,(H,26,28)/t16-,18?/m0/s1. The molecule has 0 saturated heterocycles. The average Bonchev–Trinajstić information content (AvgIpc) is 2.71. The molecular formula is C20H24F3N3O3. The quantitative estimate of drug-likeness (QED) is 0.628. The molecule has 9 heteroatoms. The molecule has 2 atom stereocenters. The number of amides is 1. The summed E-state index contributed by atoms with van der Waals surface area (Å²) in [5.74, 6) is -0.267. The van der Waals surface area contributed by atoms with Gasteiger partial charge in [-0.05, 0) is 24.1 Å². The van der Waals surface area contributed by atoms with Gasteiger partial charge in [-0.25, -0.2) is 0 Å². The minimum absolute atomic E-state index is 0.0636. The molecule has 1 heterocycles. The Bertz CT molecular complexity index is 751. The van der Waals surface area contributed by atoms with E-state index in [-0.39, 0.29) is 31.6 Å². The fraction of sp³-hybridized carbons (Fsp3) is 0.450. The number of aliphatic hydroxyl groups excluding tert-OH is 1. The van der Waals surface area contributed by atoms with Gasteiger partial charge in [0.1, 0.15) is 0 Å². The van der Waals surface area contributed by atoms with Crippen LogP contribution in [0.25, 0.3) is 0 Å². The van der Waals surface area contributed by atoms with Crippen LogP contribution in [-0.4, -0.2) is 40.2 Å². The first-order valence-electron chi connectivity index (χ1n) is 9.27. The van der Waals surface area contributed by atoms with E-state index < -0.39 is 17.8 Å². The predicted molar refractivity (Wildman–Crippen MR) is 99.8 cm³/mol. The molecule has 6 nitrogen and oxygen atoms in total. The number of hydrogen-bond acceptors (Lipinski definition) is 5. The summed E-state index contributed by atoms with van der Waals surface area (Å²) >= 11 is 0. The molecule has 1 amide bonds. The highest BCUT2D eigenvalue weighted by molar-refractivity contribution is 5.76. The SMILES string of the molecule is CC[C@@H](CO)NC(=O)CCOC(Cc1cnccn1)c1ccc(C(F)(F)F)cc1. The number of halogens is 3. The van der Waals surface area contributed by atoms with Crippen LogP contribution in [-0.2, 0) is 22.1 Å². The second kappa shape index (κ2) is 10.9. The lowest BCUT2D eigenvalue weighted by Gasteiger charge is -2.19. The molecule has 158 valence electrons. The molecule has 0 aliphatic carbocycles. The molecule has 0 aliphatic rings. The van der Waals surface area contributed by atoms with E-state index in [0.717, 1.165) is 12.1 Å². The first-order chi connectivity index (χ1) is 13.8. The normalized spacial score (nSPS) is 13.7. The zero-order valence-electron chi connectivity index (χ0n) is 16.0. The first-order valence-corrected chi connectivity index (χ1v) is 9.27. The summed E-state index contributed by atoms with van der Waals surface area (Å²) in [6.45, 7) is 1.77. The maximum absolute atomic E-state index is 12.8. The van der Waals surface area contributed by atoms with Crippen molar-refractivity contribution in [3.63, 3.8) is 0 Å². The zero-order chi connectivity index (χ0) is 21.3. The van der Waals surface area contributed by atoms with Crippen molar-refractivity contribution in [3.05, 3.63) is 59.7 Å². The zero-order valence-corrected chi connectivity index (χ0v) is 16.0.